The molecule has 1 saturated carbocycles. The molecule has 1 aliphatic carbocycles. The fourth-order valence-electron chi connectivity index (χ4n) is 6.82. The van der Waals surface area contributed by atoms with Gasteiger partial charge in [0.15, 0.2) is 0 Å². The van der Waals surface area contributed by atoms with Gasteiger partial charge in [-0.05, 0) is 38.5 Å². The summed E-state index contributed by atoms with van der Waals surface area (Å²) in [6, 6.07) is 0. The Labute approximate surface area is 333 Å². The van der Waals surface area contributed by atoms with Gasteiger partial charge >= 0.3 is 13.8 Å². The third-order valence-corrected chi connectivity index (χ3v) is 11.4. The highest BCUT2D eigenvalue weighted by Gasteiger charge is 2.51. The summed E-state index contributed by atoms with van der Waals surface area (Å²) in [5, 5.41) is 50.1. The van der Waals surface area contributed by atoms with E-state index in [9.17, 15) is 39.8 Å². The monoisotopic (exact) mass is 809 g/mol. The van der Waals surface area contributed by atoms with Crippen molar-refractivity contribution >= 4 is 13.8 Å². The molecular weight excluding hydrogens is 727 g/mol. The molecule has 0 aromatic heterocycles. The molecule has 0 aromatic rings. The minimum absolute atomic E-state index is 0.0758. The van der Waals surface area contributed by atoms with Gasteiger partial charge in [-0.1, -0.05) is 154 Å². The number of phosphoric ester groups is 1. The number of aliphatic hydroxyl groups excluding tert-OH is 5. The first-order valence-corrected chi connectivity index (χ1v) is 23.5. The first kappa shape index (κ1) is 52.1. The van der Waals surface area contributed by atoms with Crippen molar-refractivity contribution < 1.29 is 58.3 Å². The summed E-state index contributed by atoms with van der Waals surface area (Å²) < 4.78 is 34.1. The van der Waals surface area contributed by atoms with E-state index in [1.54, 1.807) is 0 Å². The van der Waals surface area contributed by atoms with Crippen LogP contribution in [0.2, 0.25) is 0 Å². The van der Waals surface area contributed by atoms with Gasteiger partial charge in [0.25, 0.3) is 0 Å². The number of rotatable bonds is 37. The van der Waals surface area contributed by atoms with Crippen LogP contribution in [0.4, 0.5) is 0 Å². The topological polar surface area (TPSA) is 192 Å². The normalized spacial score (nSPS) is 23.3. The predicted octanol–water partition coefficient (Wildman–Crippen LogP) is 8.36. The van der Waals surface area contributed by atoms with Crippen LogP contribution in [0.25, 0.3) is 0 Å². The molecule has 1 fully saturated rings. The molecule has 0 saturated heterocycles. The van der Waals surface area contributed by atoms with Crippen molar-refractivity contribution in [2.24, 2.45) is 0 Å². The second kappa shape index (κ2) is 34.0. The van der Waals surface area contributed by atoms with Gasteiger partial charge in [0.05, 0.1) is 13.2 Å². The predicted molar refractivity (Wildman–Crippen MR) is 217 cm³/mol. The summed E-state index contributed by atoms with van der Waals surface area (Å²) >= 11 is 0. The summed E-state index contributed by atoms with van der Waals surface area (Å²) in [6.07, 6.45) is 22.8. The molecule has 0 aromatic carbocycles. The number of aliphatic hydroxyl groups is 5. The first-order valence-electron chi connectivity index (χ1n) is 22.0. The fourth-order valence-corrected chi connectivity index (χ4v) is 7.79. The number of carbonyl (C=O) groups excluding carboxylic acids is 1. The molecule has 0 radical (unpaired) electrons. The number of allylic oxidation sites excluding steroid dienone is 2. The zero-order valence-corrected chi connectivity index (χ0v) is 35.4. The quantitative estimate of drug-likeness (QED) is 0.0152. The third kappa shape index (κ3) is 26.7. The zero-order chi connectivity index (χ0) is 40.6. The molecule has 6 N–H and O–H groups in total. The van der Waals surface area contributed by atoms with Crippen LogP contribution in [0, 0.1) is 0 Å². The second-order valence-corrected chi connectivity index (χ2v) is 17.0. The average Bonchev–Trinajstić information content (AvgIpc) is 3.17. The summed E-state index contributed by atoms with van der Waals surface area (Å²) in [6.45, 7) is 4.24. The Bertz CT molecular complexity index is 968. The number of hydrogen-bond donors (Lipinski definition) is 6. The van der Waals surface area contributed by atoms with Gasteiger partial charge in [-0.15, -0.1) is 0 Å². The standard InChI is InChI=1S/C42H81O12P/c1-3-5-7-9-11-13-15-17-19-21-23-25-27-29-31-36(43)53-35(33-51-32-30-28-26-24-22-20-18-16-14-12-10-8-6-4-2)34-52-55(49,50)54-42-40(47)38(45)37(44)39(46)41(42)48/h14,16,35,37-42,44-48H,3-13,15,17-34H2,1-2H3,(H,49,50)/b16-14-. The van der Waals surface area contributed by atoms with Crippen molar-refractivity contribution in [3.05, 3.63) is 12.2 Å². The minimum Gasteiger partial charge on any atom is -0.457 e. The van der Waals surface area contributed by atoms with Crippen LogP contribution in [0.15, 0.2) is 12.2 Å². The molecule has 0 aliphatic heterocycles. The molecule has 1 aliphatic rings. The molecule has 1 rings (SSSR count). The Kier molecular flexibility index (Phi) is 32.2. The number of carbonyl (C=O) groups is 1. The lowest BCUT2D eigenvalue weighted by molar-refractivity contribution is -0.220. The number of hydrogen-bond acceptors (Lipinski definition) is 11. The third-order valence-electron chi connectivity index (χ3n) is 10.4. The highest BCUT2D eigenvalue weighted by Crippen LogP contribution is 2.47. The van der Waals surface area contributed by atoms with Crippen molar-refractivity contribution in [3.8, 4) is 0 Å². The smallest absolute Gasteiger partial charge is 0.457 e. The van der Waals surface area contributed by atoms with Crippen LogP contribution in [-0.4, -0.2) is 98.9 Å². The largest absolute Gasteiger partial charge is 0.472 e. The molecule has 0 amide bonds. The molecule has 6 atom stereocenters. The van der Waals surface area contributed by atoms with E-state index in [4.69, 9.17) is 18.5 Å². The Balaban J connectivity index is 2.42. The Morgan fingerprint density at radius 2 is 0.964 bits per heavy atom. The van der Waals surface area contributed by atoms with Crippen molar-refractivity contribution in [1.82, 2.24) is 0 Å². The van der Waals surface area contributed by atoms with Gasteiger partial charge in [-0.3, -0.25) is 13.8 Å². The van der Waals surface area contributed by atoms with E-state index in [0.29, 0.717) is 13.0 Å². The van der Waals surface area contributed by atoms with E-state index < -0.39 is 63.1 Å². The summed E-state index contributed by atoms with van der Waals surface area (Å²) in [4.78, 5) is 23.1. The second-order valence-electron chi connectivity index (χ2n) is 15.6. The summed E-state index contributed by atoms with van der Waals surface area (Å²) in [7, 11) is -5.01. The highest BCUT2D eigenvalue weighted by molar-refractivity contribution is 7.47. The van der Waals surface area contributed by atoms with Crippen LogP contribution < -0.4 is 0 Å². The van der Waals surface area contributed by atoms with Crippen molar-refractivity contribution in [3.63, 3.8) is 0 Å². The Morgan fingerprint density at radius 3 is 1.45 bits per heavy atom. The molecule has 12 nitrogen and oxygen atoms in total. The van der Waals surface area contributed by atoms with Crippen molar-refractivity contribution in [2.45, 2.75) is 230 Å². The van der Waals surface area contributed by atoms with E-state index in [2.05, 4.69) is 26.0 Å². The molecule has 6 unspecified atom stereocenters. The molecule has 13 heteroatoms. The fraction of sp³-hybridized carbons (Fsp3) is 0.929. The van der Waals surface area contributed by atoms with Crippen LogP contribution in [0.1, 0.15) is 187 Å². The average molecular weight is 809 g/mol. The number of phosphoric acid groups is 1. The van der Waals surface area contributed by atoms with E-state index >= 15 is 0 Å². The van der Waals surface area contributed by atoms with Crippen molar-refractivity contribution in [1.29, 1.82) is 0 Å². The van der Waals surface area contributed by atoms with Gasteiger partial charge in [-0.25, -0.2) is 4.57 Å². The van der Waals surface area contributed by atoms with Crippen LogP contribution in [-0.2, 0) is 27.9 Å². The Hall–Kier alpha value is -0.920. The van der Waals surface area contributed by atoms with E-state index in [1.807, 2.05) is 0 Å². The van der Waals surface area contributed by atoms with Gasteiger partial charge < -0.3 is 39.9 Å². The number of unbranched alkanes of at least 4 members (excludes halogenated alkanes) is 23. The zero-order valence-electron chi connectivity index (χ0n) is 34.5. The molecule has 55 heavy (non-hydrogen) atoms. The van der Waals surface area contributed by atoms with E-state index in [0.717, 1.165) is 51.4 Å². The van der Waals surface area contributed by atoms with Gasteiger partial charge in [-0.2, -0.15) is 0 Å². The minimum atomic E-state index is -5.01. The number of esters is 1. The summed E-state index contributed by atoms with van der Waals surface area (Å²) in [5.41, 5.74) is 0. The molecule has 0 bridgehead atoms. The lowest BCUT2D eigenvalue weighted by atomic mass is 9.85. The van der Waals surface area contributed by atoms with Crippen molar-refractivity contribution in [2.75, 3.05) is 19.8 Å². The number of ether oxygens (including phenoxy) is 2. The van der Waals surface area contributed by atoms with Crippen LogP contribution in [0.5, 0.6) is 0 Å². The molecule has 326 valence electrons. The van der Waals surface area contributed by atoms with Gasteiger partial charge in [0, 0.05) is 13.0 Å². The summed E-state index contributed by atoms with van der Waals surface area (Å²) in [5.74, 6) is -0.477. The first-order chi connectivity index (χ1) is 26.5. The maximum atomic E-state index is 12.8. The van der Waals surface area contributed by atoms with Crippen LogP contribution in [0.3, 0.4) is 0 Å². The van der Waals surface area contributed by atoms with Gasteiger partial charge in [0.1, 0.15) is 42.7 Å². The highest BCUT2D eigenvalue weighted by atomic mass is 31.2. The maximum absolute atomic E-state index is 12.8. The maximum Gasteiger partial charge on any atom is 0.472 e. The molecule has 0 heterocycles. The lowest BCUT2D eigenvalue weighted by Gasteiger charge is -2.41. The lowest BCUT2D eigenvalue weighted by Crippen LogP contribution is -2.64. The SMILES string of the molecule is CCCCCC/C=C\CCCCCCCCOCC(COP(=O)(O)OC1C(O)C(O)C(O)C(O)C1O)OC(=O)CCCCCCCCCCCCCCCC. The van der Waals surface area contributed by atoms with E-state index in [-0.39, 0.29) is 13.0 Å². The van der Waals surface area contributed by atoms with Gasteiger partial charge in [0.2, 0.25) is 0 Å². The Morgan fingerprint density at radius 1 is 0.564 bits per heavy atom. The molecular formula is C42H81O12P. The van der Waals surface area contributed by atoms with Crippen LogP contribution >= 0.6 is 7.82 Å². The van der Waals surface area contributed by atoms with E-state index in [1.165, 1.54) is 109 Å². The molecule has 0 spiro atoms.